The maximum Gasteiger partial charge on any atom is 0.209 e. The molecule has 0 saturated carbocycles. The van der Waals surface area contributed by atoms with E-state index in [-0.39, 0.29) is 0 Å². The fourth-order valence-electron chi connectivity index (χ4n) is 0.801. The second kappa shape index (κ2) is 5.56. The predicted molar refractivity (Wildman–Crippen MR) is 55.5 cm³/mol. The van der Waals surface area contributed by atoms with Crippen LogP contribution in [0.1, 0.15) is 11.4 Å². The van der Waals surface area contributed by atoms with Crippen LogP contribution in [0.25, 0.3) is 6.08 Å². The summed E-state index contributed by atoms with van der Waals surface area (Å²) in [6.07, 6.45) is 5.35. The second-order valence-electron chi connectivity index (χ2n) is 2.42. The van der Waals surface area contributed by atoms with Crippen LogP contribution in [0.2, 0.25) is 0 Å². The highest BCUT2D eigenvalue weighted by Crippen LogP contribution is 2.09. The van der Waals surface area contributed by atoms with E-state index >= 15 is 0 Å². The Bertz CT molecular complexity index is 329. The highest BCUT2D eigenvalue weighted by molar-refractivity contribution is 7.98. The average molecular weight is 212 g/mol. The number of hydroxylamine groups is 1. The quantitative estimate of drug-likeness (QED) is 0.594. The molecule has 1 aromatic rings. The van der Waals surface area contributed by atoms with Crippen LogP contribution in [0.5, 0.6) is 0 Å². The Morgan fingerprint density at radius 1 is 1.43 bits per heavy atom. The van der Waals surface area contributed by atoms with Crippen molar-refractivity contribution in [2.75, 3.05) is 13.4 Å². The van der Waals surface area contributed by atoms with Crippen molar-refractivity contribution in [1.29, 1.82) is 0 Å². The first kappa shape index (κ1) is 10.9. The van der Waals surface area contributed by atoms with Gasteiger partial charge >= 0.3 is 0 Å². The Morgan fingerprint density at radius 2 is 2.21 bits per heavy atom. The summed E-state index contributed by atoms with van der Waals surface area (Å²) in [7, 11) is 1.54. The first-order chi connectivity index (χ1) is 6.77. The van der Waals surface area contributed by atoms with Gasteiger partial charge in [-0.3, -0.25) is 10.3 Å². The molecule has 0 spiro atoms. The van der Waals surface area contributed by atoms with Gasteiger partial charge in [0.25, 0.3) is 0 Å². The van der Waals surface area contributed by atoms with E-state index in [1.54, 1.807) is 19.4 Å². The second-order valence-corrected chi connectivity index (χ2v) is 3.20. The van der Waals surface area contributed by atoms with Crippen molar-refractivity contribution < 1.29 is 4.84 Å². The number of aryl methyl sites for hydroxylation is 1. The maximum absolute atomic E-state index is 4.65. The third-order valence-corrected chi connectivity index (χ3v) is 2.02. The number of rotatable bonds is 4. The fourth-order valence-corrected chi connectivity index (χ4v) is 1.11. The topological polar surface area (TPSA) is 59.9 Å². The average Bonchev–Trinajstić information content (AvgIpc) is 2.21. The minimum Gasteiger partial charge on any atom is -0.280 e. The van der Waals surface area contributed by atoms with Crippen molar-refractivity contribution in [2.45, 2.75) is 12.1 Å². The highest BCUT2D eigenvalue weighted by Gasteiger charge is 2.00. The number of aromatic nitrogens is 3. The standard InChI is InChI=1S/C8H12N4OS/c1-6-7(4-5-9-13-2)10-8(14-3)12-11-6/h4-5,9H,1-3H3. The van der Waals surface area contributed by atoms with Crippen LogP contribution < -0.4 is 5.48 Å². The van der Waals surface area contributed by atoms with E-state index in [9.17, 15) is 0 Å². The number of nitrogens with zero attached hydrogens (tertiary/aromatic N) is 3. The zero-order valence-corrected chi connectivity index (χ0v) is 9.13. The molecule has 1 aromatic heterocycles. The lowest BCUT2D eigenvalue weighted by Crippen LogP contribution is -2.02. The maximum atomic E-state index is 4.65. The molecule has 0 aromatic carbocycles. The Balaban J connectivity index is 2.83. The predicted octanol–water partition coefficient (Wildman–Crippen LogP) is 1.02. The van der Waals surface area contributed by atoms with Crippen LogP contribution >= 0.6 is 11.8 Å². The fraction of sp³-hybridized carbons (Fsp3) is 0.375. The van der Waals surface area contributed by atoms with Gasteiger partial charge in [0.2, 0.25) is 5.16 Å². The van der Waals surface area contributed by atoms with Crippen LogP contribution in [-0.4, -0.2) is 28.5 Å². The Labute approximate surface area is 86.9 Å². The lowest BCUT2D eigenvalue weighted by molar-refractivity contribution is 0.129. The molecule has 0 bridgehead atoms. The van der Waals surface area contributed by atoms with E-state index < -0.39 is 0 Å². The molecule has 0 unspecified atom stereocenters. The zero-order chi connectivity index (χ0) is 10.4. The lowest BCUT2D eigenvalue weighted by Gasteiger charge is -1.99. The van der Waals surface area contributed by atoms with E-state index in [4.69, 9.17) is 0 Å². The molecule has 76 valence electrons. The van der Waals surface area contributed by atoms with Gasteiger partial charge in [-0.05, 0) is 19.3 Å². The van der Waals surface area contributed by atoms with Crippen LogP contribution in [0.15, 0.2) is 11.4 Å². The van der Waals surface area contributed by atoms with Crippen LogP contribution in [-0.2, 0) is 4.84 Å². The molecule has 0 atom stereocenters. The first-order valence-electron chi connectivity index (χ1n) is 3.98. The van der Waals surface area contributed by atoms with Crippen molar-refractivity contribution in [2.24, 2.45) is 0 Å². The van der Waals surface area contributed by atoms with Gasteiger partial charge in [-0.15, -0.1) is 5.10 Å². The minimum atomic E-state index is 0.660. The molecule has 0 amide bonds. The van der Waals surface area contributed by atoms with E-state index in [1.807, 2.05) is 13.2 Å². The van der Waals surface area contributed by atoms with E-state index in [0.29, 0.717) is 5.16 Å². The van der Waals surface area contributed by atoms with Crippen LogP contribution in [0.3, 0.4) is 0 Å². The normalized spacial score (nSPS) is 10.8. The summed E-state index contributed by atoms with van der Waals surface area (Å²) in [6, 6.07) is 0. The van der Waals surface area contributed by atoms with Gasteiger partial charge in [-0.2, -0.15) is 5.10 Å². The number of thioether (sulfide) groups is 1. The smallest absolute Gasteiger partial charge is 0.209 e. The highest BCUT2D eigenvalue weighted by atomic mass is 32.2. The van der Waals surface area contributed by atoms with Crippen molar-refractivity contribution in [3.63, 3.8) is 0 Å². The van der Waals surface area contributed by atoms with Gasteiger partial charge < -0.3 is 0 Å². The molecule has 1 heterocycles. The van der Waals surface area contributed by atoms with Gasteiger partial charge in [0, 0.05) is 6.20 Å². The number of nitrogens with one attached hydrogen (secondary N) is 1. The Morgan fingerprint density at radius 3 is 2.86 bits per heavy atom. The summed E-state index contributed by atoms with van der Waals surface area (Å²) in [5.74, 6) is 0. The van der Waals surface area contributed by atoms with Crippen LogP contribution in [0, 0.1) is 6.92 Å². The Kier molecular flexibility index (Phi) is 4.34. The summed E-state index contributed by atoms with van der Waals surface area (Å²) in [5.41, 5.74) is 4.16. The first-order valence-corrected chi connectivity index (χ1v) is 5.20. The third-order valence-electron chi connectivity index (χ3n) is 1.48. The van der Waals surface area contributed by atoms with Gasteiger partial charge in [0.1, 0.15) is 0 Å². The molecule has 0 fully saturated rings. The number of hydrogen-bond donors (Lipinski definition) is 1. The van der Waals surface area contributed by atoms with E-state index in [2.05, 4.69) is 25.5 Å². The molecule has 1 rings (SSSR count). The summed E-state index contributed by atoms with van der Waals surface area (Å²) in [4.78, 5) is 8.92. The molecule has 0 aliphatic carbocycles. The molecule has 1 N–H and O–H groups in total. The largest absolute Gasteiger partial charge is 0.280 e. The van der Waals surface area contributed by atoms with Crippen molar-refractivity contribution in [3.8, 4) is 0 Å². The van der Waals surface area contributed by atoms with E-state index in [0.717, 1.165) is 11.4 Å². The molecular formula is C8H12N4OS. The van der Waals surface area contributed by atoms with Gasteiger partial charge in [0.15, 0.2) is 0 Å². The molecule has 0 radical (unpaired) electrons. The van der Waals surface area contributed by atoms with Gasteiger partial charge in [0.05, 0.1) is 18.5 Å². The zero-order valence-electron chi connectivity index (χ0n) is 8.31. The van der Waals surface area contributed by atoms with E-state index in [1.165, 1.54) is 11.8 Å². The lowest BCUT2D eigenvalue weighted by atomic mass is 10.3. The van der Waals surface area contributed by atoms with Crippen molar-refractivity contribution in [3.05, 3.63) is 17.6 Å². The molecule has 14 heavy (non-hydrogen) atoms. The van der Waals surface area contributed by atoms with Crippen LogP contribution in [0.4, 0.5) is 0 Å². The summed E-state index contributed by atoms with van der Waals surface area (Å²) in [6.45, 7) is 1.86. The summed E-state index contributed by atoms with van der Waals surface area (Å²) >= 11 is 1.46. The molecule has 0 aliphatic heterocycles. The monoisotopic (exact) mass is 212 g/mol. The number of hydrogen-bond acceptors (Lipinski definition) is 6. The molecule has 5 nitrogen and oxygen atoms in total. The molecule has 0 aliphatic rings. The third kappa shape index (κ3) is 2.97. The van der Waals surface area contributed by atoms with Crippen molar-refractivity contribution >= 4 is 17.8 Å². The SMILES string of the molecule is CONC=Cc1nc(SC)nnc1C. The molecular weight excluding hydrogens is 200 g/mol. The Hall–Kier alpha value is -1.14. The van der Waals surface area contributed by atoms with Crippen molar-refractivity contribution in [1.82, 2.24) is 20.7 Å². The van der Waals surface area contributed by atoms with Gasteiger partial charge in [-0.1, -0.05) is 11.8 Å². The molecule has 6 heteroatoms. The van der Waals surface area contributed by atoms with Gasteiger partial charge in [-0.25, -0.2) is 4.98 Å². The molecule has 0 saturated heterocycles. The minimum absolute atomic E-state index is 0.660. The summed E-state index contributed by atoms with van der Waals surface area (Å²) in [5, 5.41) is 8.54. The summed E-state index contributed by atoms with van der Waals surface area (Å²) < 4.78 is 0.